The Bertz CT molecular complexity index is 673. The molecule has 2 N–H and O–H groups in total. The second-order valence-corrected chi connectivity index (χ2v) is 5.49. The van der Waals surface area contributed by atoms with Gasteiger partial charge in [0.1, 0.15) is 11.5 Å². The molecule has 0 aromatic heterocycles. The van der Waals surface area contributed by atoms with E-state index in [1.165, 1.54) is 0 Å². The summed E-state index contributed by atoms with van der Waals surface area (Å²) in [6.45, 7) is 5.07. The summed E-state index contributed by atoms with van der Waals surface area (Å²) in [7, 11) is 0. The lowest BCUT2D eigenvalue weighted by Gasteiger charge is -2.04. The van der Waals surface area contributed by atoms with Gasteiger partial charge in [-0.05, 0) is 36.1 Å². The highest BCUT2D eigenvalue weighted by atomic mass is 16.3. The fourth-order valence-corrected chi connectivity index (χ4v) is 2.44. The monoisotopic (exact) mass is 324 g/mol. The number of aliphatic imine (C=N–C) groups is 2. The van der Waals surface area contributed by atoms with Crippen molar-refractivity contribution in [2.75, 3.05) is 13.1 Å². The van der Waals surface area contributed by atoms with Crippen LogP contribution in [0.5, 0.6) is 11.5 Å². The molecule has 0 spiro atoms. The van der Waals surface area contributed by atoms with Crippen molar-refractivity contribution in [3.63, 3.8) is 0 Å². The number of hydrogen-bond donors (Lipinski definition) is 2. The van der Waals surface area contributed by atoms with Gasteiger partial charge in [-0.1, -0.05) is 38.1 Å². The van der Waals surface area contributed by atoms with Gasteiger partial charge in [0, 0.05) is 23.6 Å². The summed E-state index contributed by atoms with van der Waals surface area (Å²) in [6.07, 6.45) is 4.94. The molecule has 0 saturated carbocycles. The van der Waals surface area contributed by atoms with E-state index in [0.29, 0.717) is 24.6 Å². The summed E-state index contributed by atoms with van der Waals surface area (Å²) in [5.41, 5.74) is 3.30. The lowest BCUT2D eigenvalue weighted by molar-refractivity contribution is 0.467. The Hall–Kier alpha value is -2.62. The molecule has 24 heavy (non-hydrogen) atoms. The summed E-state index contributed by atoms with van der Waals surface area (Å²) >= 11 is 0. The fourth-order valence-electron chi connectivity index (χ4n) is 2.44. The van der Waals surface area contributed by atoms with Crippen LogP contribution >= 0.6 is 0 Å². The minimum atomic E-state index is 0.300. The second kappa shape index (κ2) is 8.87. The van der Waals surface area contributed by atoms with Gasteiger partial charge in [-0.2, -0.15) is 0 Å². The summed E-state index contributed by atoms with van der Waals surface area (Å²) in [6, 6.07) is 11.3. The highest BCUT2D eigenvalue weighted by molar-refractivity contribution is 5.84. The Labute approximate surface area is 143 Å². The van der Waals surface area contributed by atoms with Crippen molar-refractivity contribution < 1.29 is 10.2 Å². The van der Waals surface area contributed by atoms with Gasteiger partial charge < -0.3 is 10.2 Å². The van der Waals surface area contributed by atoms with Crippen molar-refractivity contribution in [2.45, 2.75) is 26.7 Å². The first-order chi connectivity index (χ1) is 11.7. The molecule has 2 rings (SSSR count). The zero-order valence-corrected chi connectivity index (χ0v) is 14.2. The summed E-state index contributed by atoms with van der Waals surface area (Å²) < 4.78 is 0. The Morgan fingerprint density at radius 2 is 1.17 bits per heavy atom. The minimum absolute atomic E-state index is 0.300. The molecule has 0 atom stereocenters. The van der Waals surface area contributed by atoms with Gasteiger partial charge in [0.2, 0.25) is 0 Å². The molecule has 0 amide bonds. The van der Waals surface area contributed by atoms with Crippen molar-refractivity contribution in [1.29, 1.82) is 0 Å². The van der Waals surface area contributed by atoms with Gasteiger partial charge in [0.05, 0.1) is 13.1 Å². The fraction of sp³-hybridized carbons (Fsp3) is 0.300. The van der Waals surface area contributed by atoms with E-state index in [-0.39, 0.29) is 0 Å². The van der Waals surface area contributed by atoms with E-state index in [0.717, 1.165) is 35.1 Å². The lowest BCUT2D eigenvalue weighted by Crippen LogP contribution is -1.93. The summed E-state index contributed by atoms with van der Waals surface area (Å²) in [5, 5.41) is 20.1. The van der Waals surface area contributed by atoms with Crippen LogP contribution in [0.15, 0.2) is 46.4 Å². The molecule has 0 saturated heterocycles. The maximum Gasteiger partial charge on any atom is 0.127 e. The van der Waals surface area contributed by atoms with Gasteiger partial charge in [-0.25, -0.2) is 0 Å². The van der Waals surface area contributed by atoms with E-state index < -0.39 is 0 Å². The third-order valence-electron chi connectivity index (χ3n) is 3.88. The predicted molar refractivity (Wildman–Crippen MR) is 99.9 cm³/mol. The van der Waals surface area contributed by atoms with Crippen LogP contribution in [0.3, 0.4) is 0 Å². The van der Waals surface area contributed by atoms with E-state index >= 15 is 0 Å². The van der Waals surface area contributed by atoms with Crippen molar-refractivity contribution in [3.05, 3.63) is 58.7 Å². The highest BCUT2D eigenvalue weighted by Gasteiger charge is 2.03. The maximum atomic E-state index is 10.1. The average molecular weight is 324 g/mol. The first kappa shape index (κ1) is 17.7. The number of nitrogens with zero attached hydrogens (tertiary/aromatic N) is 2. The maximum absolute atomic E-state index is 10.1. The lowest BCUT2D eigenvalue weighted by atomic mass is 10.1. The summed E-state index contributed by atoms with van der Waals surface area (Å²) in [5.74, 6) is 0.599. The summed E-state index contributed by atoms with van der Waals surface area (Å²) in [4.78, 5) is 8.61. The van der Waals surface area contributed by atoms with Crippen molar-refractivity contribution in [2.24, 2.45) is 9.98 Å². The van der Waals surface area contributed by atoms with E-state index in [1.807, 2.05) is 50.2 Å². The van der Waals surface area contributed by atoms with Crippen LogP contribution in [0.2, 0.25) is 0 Å². The van der Waals surface area contributed by atoms with Crippen LogP contribution < -0.4 is 0 Å². The third-order valence-corrected chi connectivity index (χ3v) is 3.88. The number of aryl methyl sites for hydroxylation is 2. The molecule has 0 aliphatic rings. The van der Waals surface area contributed by atoms with Crippen LogP contribution in [0, 0.1) is 0 Å². The topological polar surface area (TPSA) is 65.2 Å². The Morgan fingerprint density at radius 1 is 0.750 bits per heavy atom. The zero-order chi connectivity index (χ0) is 17.4. The highest BCUT2D eigenvalue weighted by Crippen LogP contribution is 2.22. The van der Waals surface area contributed by atoms with Crippen LogP contribution in [-0.2, 0) is 12.8 Å². The Balaban J connectivity index is 1.91. The van der Waals surface area contributed by atoms with E-state index in [9.17, 15) is 10.2 Å². The van der Waals surface area contributed by atoms with Crippen LogP contribution in [-0.4, -0.2) is 35.7 Å². The molecule has 2 aromatic carbocycles. The molecule has 126 valence electrons. The molecule has 0 heterocycles. The molecule has 4 nitrogen and oxygen atoms in total. The smallest absolute Gasteiger partial charge is 0.127 e. The van der Waals surface area contributed by atoms with E-state index in [1.54, 1.807) is 12.4 Å². The average Bonchev–Trinajstić information content (AvgIpc) is 2.60. The molecule has 0 radical (unpaired) electrons. The largest absolute Gasteiger partial charge is 0.507 e. The van der Waals surface area contributed by atoms with Gasteiger partial charge in [-0.3, -0.25) is 9.98 Å². The van der Waals surface area contributed by atoms with Gasteiger partial charge >= 0.3 is 0 Å². The molecule has 4 heteroatoms. The normalized spacial score (nSPS) is 11.6. The number of hydrogen-bond acceptors (Lipinski definition) is 4. The quantitative estimate of drug-likeness (QED) is 0.601. The molecule has 0 aliphatic carbocycles. The SMILES string of the molecule is CCc1cccc(C=NCCN=Cc2cccc(CC)c2O)c1O. The first-order valence-corrected chi connectivity index (χ1v) is 8.28. The number of benzene rings is 2. The van der Waals surface area contributed by atoms with Crippen molar-refractivity contribution >= 4 is 12.4 Å². The molecule has 0 unspecified atom stereocenters. The van der Waals surface area contributed by atoms with Crippen molar-refractivity contribution in [1.82, 2.24) is 0 Å². The standard InChI is InChI=1S/C20H24N2O2/c1-3-15-7-5-9-17(19(15)23)13-21-11-12-22-14-18-10-6-8-16(4-2)20(18)24/h5-10,13-14,23-24H,3-4,11-12H2,1-2H3. The third kappa shape index (κ3) is 4.44. The second-order valence-electron chi connectivity index (χ2n) is 5.49. The van der Waals surface area contributed by atoms with Crippen LogP contribution in [0.4, 0.5) is 0 Å². The number of phenolic OH excluding ortho intramolecular Hbond substituents is 2. The van der Waals surface area contributed by atoms with Gasteiger partial charge in [0.15, 0.2) is 0 Å². The van der Waals surface area contributed by atoms with E-state index in [2.05, 4.69) is 9.98 Å². The number of para-hydroxylation sites is 2. The predicted octanol–water partition coefficient (Wildman–Crippen LogP) is 3.76. The van der Waals surface area contributed by atoms with Crippen LogP contribution in [0.1, 0.15) is 36.1 Å². The Kier molecular flexibility index (Phi) is 6.55. The Morgan fingerprint density at radius 3 is 1.54 bits per heavy atom. The van der Waals surface area contributed by atoms with Crippen molar-refractivity contribution in [3.8, 4) is 11.5 Å². The number of aromatic hydroxyl groups is 2. The number of phenols is 2. The minimum Gasteiger partial charge on any atom is -0.507 e. The first-order valence-electron chi connectivity index (χ1n) is 8.28. The zero-order valence-electron chi connectivity index (χ0n) is 14.2. The molecular weight excluding hydrogens is 300 g/mol. The molecule has 0 fully saturated rings. The molecule has 0 aliphatic heterocycles. The van der Waals surface area contributed by atoms with Gasteiger partial charge in [-0.15, -0.1) is 0 Å². The number of rotatable bonds is 7. The van der Waals surface area contributed by atoms with E-state index in [4.69, 9.17) is 0 Å². The molecule has 0 bridgehead atoms. The van der Waals surface area contributed by atoms with Gasteiger partial charge in [0.25, 0.3) is 0 Å². The molecular formula is C20H24N2O2. The van der Waals surface area contributed by atoms with Crippen LogP contribution in [0.25, 0.3) is 0 Å². The molecule has 2 aromatic rings.